The molecule has 8 nitrogen and oxygen atoms in total. The maximum atomic E-state index is 12.7. The zero-order valence-electron chi connectivity index (χ0n) is 13.1. The van der Waals surface area contributed by atoms with Gasteiger partial charge < -0.3 is 9.73 Å². The van der Waals surface area contributed by atoms with Crippen LogP contribution in [0.15, 0.2) is 48.9 Å². The molecule has 3 N–H and O–H groups in total. The Bertz CT molecular complexity index is 1170. The average molecular weight is 461 g/mol. The highest BCUT2D eigenvalue weighted by molar-refractivity contribution is 9.10. The first kappa shape index (κ1) is 18.5. The second-order valence-corrected chi connectivity index (χ2v) is 8.01. The number of halogens is 2. The van der Waals surface area contributed by atoms with E-state index in [0.29, 0.717) is 5.56 Å². The quantitative estimate of drug-likeness (QED) is 0.553. The number of aromatic nitrogens is 1. The summed E-state index contributed by atoms with van der Waals surface area (Å²) in [6.45, 7) is 0. The largest absolute Gasteiger partial charge is 0.417 e. The number of oxazole rings is 1. The second-order valence-electron chi connectivity index (χ2n) is 5.15. The van der Waals surface area contributed by atoms with E-state index < -0.39 is 15.8 Å². The molecule has 3 rings (SSSR count). The minimum Gasteiger partial charge on any atom is -0.406 e. The minimum absolute atomic E-state index is 0.0600. The van der Waals surface area contributed by atoms with Gasteiger partial charge in [0.25, 0.3) is 15.9 Å². The van der Waals surface area contributed by atoms with Gasteiger partial charge in [0.05, 0.1) is 5.52 Å². The Morgan fingerprint density at radius 2 is 1.92 bits per heavy atom. The number of anilines is 1. The number of carbonyl (C=O) groups excluding carboxylic acids is 1. The molecule has 1 amide bonds. The fourth-order valence-corrected chi connectivity index (χ4v) is 5.21. The van der Waals surface area contributed by atoms with Crippen molar-refractivity contribution in [2.24, 2.45) is 0 Å². The molecule has 3 aromatic rings. The van der Waals surface area contributed by atoms with E-state index in [1.54, 1.807) is 0 Å². The van der Waals surface area contributed by atoms with E-state index in [2.05, 4.69) is 31.0 Å². The van der Waals surface area contributed by atoms with Crippen molar-refractivity contribution in [1.29, 1.82) is 0 Å². The van der Waals surface area contributed by atoms with Crippen LogP contribution in [0.1, 0.15) is 10.4 Å². The van der Waals surface area contributed by atoms with Crippen LogP contribution in [0.4, 0.5) is 5.69 Å². The van der Waals surface area contributed by atoms with Gasteiger partial charge in [0.2, 0.25) is 0 Å². The lowest BCUT2D eigenvalue weighted by Crippen LogP contribution is -2.18. The third kappa shape index (κ3) is 3.35. The van der Waals surface area contributed by atoms with E-state index in [-0.39, 0.29) is 37.1 Å². The van der Waals surface area contributed by atoms with Gasteiger partial charge >= 0.3 is 5.76 Å². The number of hydrogen-bond acceptors (Lipinski definition) is 5. The maximum absolute atomic E-state index is 12.7. The van der Waals surface area contributed by atoms with Crippen molar-refractivity contribution in [1.82, 2.24) is 10.3 Å². The number of benzene rings is 2. The molecular formula is C15H11BrClN3O5S. The molecule has 0 spiro atoms. The zero-order chi connectivity index (χ0) is 19.1. The van der Waals surface area contributed by atoms with Gasteiger partial charge in [0.15, 0.2) is 5.58 Å². The van der Waals surface area contributed by atoms with Gasteiger partial charge in [-0.3, -0.25) is 14.5 Å². The summed E-state index contributed by atoms with van der Waals surface area (Å²) in [6, 6.07) is 7.22. The minimum atomic E-state index is -4.10. The van der Waals surface area contributed by atoms with Crippen LogP contribution in [-0.2, 0) is 10.0 Å². The molecule has 0 bridgehead atoms. The Labute approximate surface area is 160 Å². The van der Waals surface area contributed by atoms with Crippen LogP contribution >= 0.6 is 27.5 Å². The maximum Gasteiger partial charge on any atom is 0.417 e. The number of nitrogens with one attached hydrogen (secondary N) is 3. The Balaban J connectivity index is 2.02. The van der Waals surface area contributed by atoms with Crippen LogP contribution in [0.2, 0.25) is 5.02 Å². The molecule has 26 heavy (non-hydrogen) atoms. The lowest BCUT2D eigenvalue weighted by Gasteiger charge is -2.11. The number of aromatic amines is 1. The predicted octanol–water partition coefficient (Wildman–Crippen LogP) is 2.70. The van der Waals surface area contributed by atoms with Crippen molar-refractivity contribution >= 4 is 60.2 Å². The highest BCUT2D eigenvalue weighted by Gasteiger charge is 2.26. The van der Waals surface area contributed by atoms with E-state index >= 15 is 0 Å². The number of hydrogen-bond donors (Lipinski definition) is 3. The van der Waals surface area contributed by atoms with E-state index in [9.17, 15) is 18.0 Å². The molecule has 1 heterocycles. The molecule has 0 aliphatic carbocycles. The highest BCUT2D eigenvalue weighted by Crippen LogP contribution is 2.36. The molecular weight excluding hydrogens is 450 g/mol. The number of fused-ring (bicyclic) bond motifs is 1. The van der Waals surface area contributed by atoms with Crippen LogP contribution in [0.25, 0.3) is 11.1 Å². The molecule has 2 aromatic carbocycles. The van der Waals surface area contributed by atoms with Crippen molar-refractivity contribution in [3.8, 4) is 0 Å². The van der Waals surface area contributed by atoms with Gasteiger partial charge in [-0.1, -0.05) is 11.6 Å². The highest BCUT2D eigenvalue weighted by atomic mass is 79.9. The molecule has 0 aliphatic heterocycles. The molecule has 11 heteroatoms. The van der Waals surface area contributed by atoms with Crippen molar-refractivity contribution in [3.05, 3.63) is 55.9 Å². The Morgan fingerprint density at radius 1 is 1.27 bits per heavy atom. The third-order valence-corrected chi connectivity index (χ3v) is 6.28. The molecule has 0 radical (unpaired) electrons. The molecule has 0 unspecified atom stereocenters. The molecule has 1 aromatic heterocycles. The normalized spacial score (nSPS) is 11.5. The summed E-state index contributed by atoms with van der Waals surface area (Å²) in [4.78, 5) is 25.0. The van der Waals surface area contributed by atoms with Crippen LogP contribution in [0.5, 0.6) is 0 Å². The van der Waals surface area contributed by atoms with Gasteiger partial charge in [-0.05, 0) is 46.3 Å². The summed E-state index contributed by atoms with van der Waals surface area (Å²) in [5.74, 6) is -1.04. The predicted molar refractivity (Wildman–Crippen MR) is 100 cm³/mol. The standard InChI is InChI=1S/C15H11BrClN3O5S/c1-18-14(21)7-2-4-8(5-3-7)20-26(23,24)13-9(16)6-10-12(11(13)17)25-15(22)19-10/h2-6,20H,1H3,(H,18,21)(H,19,22). The SMILES string of the molecule is CNC(=O)c1ccc(NS(=O)(=O)c2c(Br)cc3[nH]c(=O)oc3c2Cl)cc1. The zero-order valence-corrected chi connectivity index (χ0v) is 16.3. The van der Waals surface area contributed by atoms with E-state index in [0.717, 1.165) is 0 Å². The van der Waals surface area contributed by atoms with Gasteiger partial charge in [0, 0.05) is 22.8 Å². The van der Waals surface area contributed by atoms with Gasteiger partial charge in [-0.15, -0.1) is 0 Å². The number of H-pyrrole nitrogens is 1. The first-order valence-electron chi connectivity index (χ1n) is 7.08. The van der Waals surface area contributed by atoms with Gasteiger partial charge in [0.1, 0.15) is 9.92 Å². The third-order valence-electron chi connectivity index (χ3n) is 3.46. The monoisotopic (exact) mass is 459 g/mol. The lowest BCUT2D eigenvalue weighted by molar-refractivity contribution is 0.0963. The van der Waals surface area contributed by atoms with Gasteiger partial charge in [-0.25, -0.2) is 13.2 Å². The summed E-state index contributed by atoms with van der Waals surface area (Å²) in [7, 11) is -2.61. The Hall–Kier alpha value is -2.30. The van der Waals surface area contributed by atoms with Gasteiger partial charge in [-0.2, -0.15) is 0 Å². The van der Waals surface area contributed by atoms with Crippen LogP contribution < -0.4 is 15.8 Å². The Morgan fingerprint density at radius 3 is 2.54 bits per heavy atom. The van der Waals surface area contributed by atoms with Crippen LogP contribution in [-0.4, -0.2) is 26.4 Å². The molecule has 136 valence electrons. The lowest BCUT2D eigenvalue weighted by atomic mass is 10.2. The van der Waals surface area contributed by atoms with E-state index in [4.69, 9.17) is 16.0 Å². The van der Waals surface area contributed by atoms with Crippen molar-refractivity contribution in [3.63, 3.8) is 0 Å². The second kappa shape index (κ2) is 6.78. The summed E-state index contributed by atoms with van der Waals surface area (Å²) < 4.78 is 32.9. The first-order valence-corrected chi connectivity index (χ1v) is 9.74. The smallest absolute Gasteiger partial charge is 0.406 e. The van der Waals surface area contributed by atoms with Crippen molar-refractivity contribution < 1.29 is 17.6 Å². The fraction of sp³-hybridized carbons (Fsp3) is 0.0667. The summed E-state index contributed by atoms with van der Waals surface area (Å²) >= 11 is 9.29. The first-order chi connectivity index (χ1) is 12.2. The number of rotatable bonds is 4. The molecule has 0 saturated heterocycles. The van der Waals surface area contributed by atoms with Crippen LogP contribution in [0, 0.1) is 0 Å². The molecule has 0 aliphatic rings. The summed E-state index contributed by atoms with van der Waals surface area (Å²) in [5, 5.41) is 2.23. The number of carbonyl (C=O) groups is 1. The Kier molecular flexibility index (Phi) is 4.82. The van der Waals surface area contributed by atoms with E-state index in [1.165, 1.54) is 37.4 Å². The summed E-state index contributed by atoms with van der Waals surface area (Å²) in [5.41, 5.74) is 0.817. The van der Waals surface area contributed by atoms with Crippen LogP contribution in [0.3, 0.4) is 0 Å². The average Bonchev–Trinajstić information content (AvgIpc) is 2.94. The molecule has 0 atom stereocenters. The molecule has 0 saturated carbocycles. The fourth-order valence-electron chi connectivity index (χ4n) is 2.29. The number of amides is 1. The number of sulfonamides is 1. The van der Waals surface area contributed by atoms with Crippen molar-refractivity contribution in [2.45, 2.75) is 4.90 Å². The van der Waals surface area contributed by atoms with E-state index in [1.807, 2.05) is 0 Å². The summed E-state index contributed by atoms with van der Waals surface area (Å²) in [6.07, 6.45) is 0. The topological polar surface area (TPSA) is 121 Å². The molecule has 0 fully saturated rings. The van der Waals surface area contributed by atoms with Crippen molar-refractivity contribution in [2.75, 3.05) is 11.8 Å².